The largest absolute Gasteiger partial charge is 0.244 e. The summed E-state index contributed by atoms with van der Waals surface area (Å²) in [7, 11) is -0.915. The van der Waals surface area contributed by atoms with Gasteiger partial charge in [0.1, 0.15) is 0 Å². The maximum absolute atomic E-state index is 5.08. The lowest BCUT2D eigenvalue weighted by atomic mass is 9.95. The van der Waals surface area contributed by atoms with E-state index in [1.807, 2.05) is 24.3 Å². The van der Waals surface area contributed by atoms with Crippen LogP contribution in [-0.2, 0) is 0 Å². The highest BCUT2D eigenvalue weighted by Gasteiger charge is 2.27. The van der Waals surface area contributed by atoms with Gasteiger partial charge >= 0.3 is 0 Å². The number of rotatable bonds is 6. The van der Waals surface area contributed by atoms with Gasteiger partial charge in [-0.05, 0) is 74.7 Å². The molecular weight excluding hydrogens is 636 g/mol. The first-order valence-electron chi connectivity index (χ1n) is 17.3. The first-order chi connectivity index (χ1) is 25.3. The Kier molecular flexibility index (Phi) is 7.15. The topological polar surface area (TPSA) is 25.8 Å². The second-order valence-electron chi connectivity index (χ2n) is 12.9. The summed E-state index contributed by atoms with van der Waals surface area (Å²) in [5.74, 6) is 0. The molecule has 0 spiro atoms. The normalized spacial score (nSPS) is 11.7. The van der Waals surface area contributed by atoms with E-state index in [4.69, 9.17) is 9.97 Å². The SMILES string of the molecule is c1ccc(-c2ccccc2P(c2ccc(-c3ccc4c5c(cccc35)-c3nc5ccccc5nc3-4)cc2)c2ccccc2-c2ccccc2)cc1. The van der Waals surface area contributed by atoms with Crippen molar-refractivity contribution in [1.82, 2.24) is 9.97 Å². The van der Waals surface area contributed by atoms with Crippen molar-refractivity contribution in [2.45, 2.75) is 0 Å². The molecule has 0 radical (unpaired) electrons. The van der Waals surface area contributed by atoms with E-state index in [9.17, 15) is 0 Å². The second-order valence-corrected chi connectivity index (χ2v) is 15.1. The number of hydrogen-bond acceptors (Lipinski definition) is 2. The number of hydrogen-bond donors (Lipinski definition) is 0. The Bertz CT molecular complexity index is 2610. The number of benzene rings is 8. The summed E-state index contributed by atoms with van der Waals surface area (Å²) in [6.45, 7) is 0. The summed E-state index contributed by atoms with van der Waals surface area (Å²) >= 11 is 0. The maximum Gasteiger partial charge on any atom is 0.0979 e. The molecule has 238 valence electrons. The fourth-order valence-electron chi connectivity index (χ4n) is 7.69. The van der Waals surface area contributed by atoms with Crippen LogP contribution in [0.2, 0.25) is 0 Å². The molecule has 0 atom stereocenters. The molecular formula is C48H31N2P. The van der Waals surface area contributed by atoms with E-state index in [1.165, 1.54) is 60.1 Å². The van der Waals surface area contributed by atoms with E-state index >= 15 is 0 Å². The highest BCUT2D eigenvalue weighted by molar-refractivity contribution is 7.80. The molecule has 1 aliphatic carbocycles. The number of para-hydroxylation sites is 2. The zero-order valence-electron chi connectivity index (χ0n) is 27.7. The van der Waals surface area contributed by atoms with Crippen LogP contribution in [0.4, 0.5) is 0 Å². The molecule has 0 fully saturated rings. The van der Waals surface area contributed by atoms with Gasteiger partial charge in [0.15, 0.2) is 0 Å². The minimum absolute atomic E-state index is 0.915. The maximum atomic E-state index is 5.08. The van der Waals surface area contributed by atoms with Gasteiger partial charge in [0.05, 0.1) is 22.4 Å². The van der Waals surface area contributed by atoms with Crippen LogP contribution >= 0.6 is 7.92 Å². The van der Waals surface area contributed by atoms with Gasteiger partial charge in [-0.1, -0.05) is 176 Å². The van der Waals surface area contributed by atoms with Gasteiger partial charge in [0, 0.05) is 16.5 Å². The molecule has 1 aliphatic rings. The van der Waals surface area contributed by atoms with Gasteiger partial charge in [-0.2, -0.15) is 0 Å². The third-order valence-electron chi connectivity index (χ3n) is 10.0. The smallest absolute Gasteiger partial charge is 0.0979 e. The number of nitrogens with zero attached hydrogens (tertiary/aromatic N) is 2. The monoisotopic (exact) mass is 666 g/mol. The molecule has 8 aromatic carbocycles. The second kappa shape index (κ2) is 12.3. The van der Waals surface area contributed by atoms with Crippen molar-refractivity contribution < 1.29 is 0 Å². The zero-order chi connectivity index (χ0) is 33.7. The van der Waals surface area contributed by atoms with Crippen LogP contribution in [-0.4, -0.2) is 9.97 Å². The summed E-state index contributed by atoms with van der Waals surface area (Å²) in [5.41, 5.74) is 13.6. The lowest BCUT2D eigenvalue weighted by Crippen LogP contribution is -2.23. The summed E-state index contributed by atoms with van der Waals surface area (Å²) in [6, 6.07) is 68.1. The third-order valence-corrected chi connectivity index (χ3v) is 12.6. The third kappa shape index (κ3) is 4.99. The molecule has 0 amide bonds. The van der Waals surface area contributed by atoms with Crippen molar-refractivity contribution in [1.29, 1.82) is 0 Å². The van der Waals surface area contributed by atoms with Crippen molar-refractivity contribution in [3.63, 3.8) is 0 Å². The Labute approximate surface area is 298 Å². The van der Waals surface area contributed by atoms with Gasteiger partial charge < -0.3 is 0 Å². The summed E-state index contributed by atoms with van der Waals surface area (Å²) in [4.78, 5) is 10.2. The Balaban J connectivity index is 1.13. The van der Waals surface area contributed by atoms with Crippen LogP contribution in [0.5, 0.6) is 0 Å². The van der Waals surface area contributed by atoms with E-state index in [0.29, 0.717) is 0 Å². The molecule has 1 aromatic heterocycles. The molecule has 0 unspecified atom stereocenters. The molecule has 1 heterocycles. The van der Waals surface area contributed by atoms with E-state index in [-0.39, 0.29) is 0 Å². The average molecular weight is 667 g/mol. The molecule has 0 N–H and O–H groups in total. The van der Waals surface area contributed by atoms with Gasteiger partial charge in [0.25, 0.3) is 0 Å². The van der Waals surface area contributed by atoms with E-state index in [0.717, 1.165) is 33.5 Å². The molecule has 9 aromatic rings. The van der Waals surface area contributed by atoms with E-state index in [1.54, 1.807) is 0 Å². The Morgan fingerprint density at radius 1 is 0.314 bits per heavy atom. The van der Waals surface area contributed by atoms with Gasteiger partial charge in [0.2, 0.25) is 0 Å². The molecule has 51 heavy (non-hydrogen) atoms. The van der Waals surface area contributed by atoms with Crippen LogP contribution in [0.15, 0.2) is 188 Å². The minimum Gasteiger partial charge on any atom is -0.244 e. The quantitative estimate of drug-likeness (QED) is 0.165. The van der Waals surface area contributed by atoms with Crippen molar-refractivity contribution in [2.75, 3.05) is 0 Å². The predicted molar refractivity (Wildman–Crippen MR) is 216 cm³/mol. The summed E-state index contributed by atoms with van der Waals surface area (Å²) in [6.07, 6.45) is 0. The molecule has 3 heteroatoms. The van der Waals surface area contributed by atoms with E-state index in [2.05, 4.69) is 164 Å². The van der Waals surface area contributed by atoms with Crippen molar-refractivity contribution in [2.24, 2.45) is 0 Å². The van der Waals surface area contributed by atoms with E-state index < -0.39 is 7.92 Å². The Morgan fingerprint density at radius 2 is 0.765 bits per heavy atom. The lowest BCUT2D eigenvalue weighted by Gasteiger charge is -2.25. The molecule has 0 saturated heterocycles. The molecule has 2 nitrogen and oxygen atoms in total. The van der Waals surface area contributed by atoms with Gasteiger partial charge in [-0.15, -0.1) is 0 Å². The minimum atomic E-state index is -0.915. The molecule has 0 aliphatic heterocycles. The van der Waals surface area contributed by atoms with Crippen LogP contribution in [0, 0.1) is 0 Å². The van der Waals surface area contributed by atoms with Crippen molar-refractivity contribution in [3.8, 4) is 55.9 Å². The predicted octanol–water partition coefficient (Wildman–Crippen LogP) is 11.2. The van der Waals surface area contributed by atoms with Gasteiger partial charge in [-0.25, -0.2) is 9.97 Å². The Morgan fingerprint density at radius 3 is 1.35 bits per heavy atom. The fourth-order valence-corrected chi connectivity index (χ4v) is 10.3. The van der Waals surface area contributed by atoms with Gasteiger partial charge in [-0.3, -0.25) is 0 Å². The van der Waals surface area contributed by atoms with Crippen molar-refractivity contribution >= 4 is 45.6 Å². The Hall–Kier alpha value is -6.21. The number of fused-ring (bicyclic) bond motifs is 4. The highest BCUT2D eigenvalue weighted by Crippen LogP contribution is 2.48. The van der Waals surface area contributed by atoms with Crippen LogP contribution in [0.1, 0.15) is 0 Å². The fraction of sp³-hybridized carbons (Fsp3) is 0. The molecule has 0 bridgehead atoms. The molecule has 0 saturated carbocycles. The van der Waals surface area contributed by atoms with Crippen LogP contribution in [0.3, 0.4) is 0 Å². The zero-order valence-corrected chi connectivity index (χ0v) is 28.6. The summed E-state index contributed by atoms with van der Waals surface area (Å²) < 4.78 is 0. The first-order valence-corrected chi connectivity index (χ1v) is 18.7. The average Bonchev–Trinajstić information content (AvgIpc) is 3.52. The summed E-state index contributed by atoms with van der Waals surface area (Å²) in [5, 5.41) is 6.49. The van der Waals surface area contributed by atoms with Crippen LogP contribution in [0.25, 0.3) is 77.7 Å². The highest BCUT2D eigenvalue weighted by atomic mass is 31.1. The lowest BCUT2D eigenvalue weighted by molar-refractivity contribution is 1.32. The standard InChI is InChI=1S/C48H31N2P/c1-3-14-32(15-4-1)37-18-7-11-24-44(37)51(45-25-12-8-19-38(45)33-16-5-2-6-17-33)35-28-26-34(27-29-35)36-30-31-41-46-39(36)20-13-21-40(46)47-48(41)50-43-23-10-9-22-42(43)49-47/h1-31H. The number of aromatic nitrogens is 2. The molecule has 10 rings (SSSR count). The first kappa shape index (κ1) is 29.7. The van der Waals surface area contributed by atoms with Crippen molar-refractivity contribution in [3.05, 3.63) is 188 Å². The van der Waals surface area contributed by atoms with Crippen LogP contribution < -0.4 is 15.9 Å².